The molecular formula is C14H17ClFN3. The number of aromatic nitrogens is 2. The van der Waals surface area contributed by atoms with Gasteiger partial charge < -0.3 is 10.3 Å². The summed E-state index contributed by atoms with van der Waals surface area (Å²) < 4.78 is 15.8. The maximum absolute atomic E-state index is 13.9. The van der Waals surface area contributed by atoms with Crippen LogP contribution >= 0.6 is 11.6 Å². The van der Waals surface area contributed by atoms with Crippen LogP contribution in [-0.2, 0) is 6.54 Å². The molecule has 0 saturated heterocycles. The number of anilines is 1. The molecule has 2 rings (SSSR count). The summed E-state index contributed by atoms with van der Waals surface area (Å²) in [5.41, 5.74) is 6.90. The predicted octanol–water partition coefficient (Wildman–Crippen LogP) is 4.07. The average molecular weight is 282 g/mol. The van der Waals surface area contributed by atoms with Gasteiger partial charge in [0.1, 0.15) is 23.2 Å². The average Bonchev–Trinajstić information content (AvgIpc) is 2.69. The molecule has 0 amide bonds. The van der Waals surface area contributed by atoms with E-state index in [0.29, 0.717) is 28.6 Å². The molecule has 0 spiro atoms. The lowest BCUT2D eigenvalue weighted by atomic mass is 10.1. The number of hydrogen-bond donors (Lipinski definition) is 1. The standard InChI is InChI=1S/C14H17ClFN3/c1-4-19-13(17)12(18-14(19)8(2)3)10-7-9(15)5-6-11(10)16/h5-8H,4,17H2,1-3H3. The number of benzene rings is 1. The van der Waals surface area contributed by atoms with Crippen molar-refractivity contribution >= 4 is 17.4 Å². The summed E-state index contributed by atoms with van der Waals surface area (Å²) in [5, 5.41) is 0.466. The van der Waals surface area contributed by atoms with Gasteiger partial charge in [-0.15, -0.1) is 0 Å². The first kappa shape index (κ1) is 13.9. The third kappa shape index (κ3) is 2.45. The van der Waals surface area contributed by atoms with Gasteiger partial charge in [-0.3, -0.25) is 0 Å². The fraction of sp³-hybridized carbons (Fsp3) is 0.357. The van der Waals surface area contributed by atoms with Crippen molar-refractivity contribution in [2.75, 3.05) is 5.73 Å². The summed E-state index contributed by atoms with van der Waals surface area (Å²) in [6.07, 6.45) is 0. The van der Waals surface area contributed by atoms with Gasteiger partial charge in [-0.25, -0.2) is 9.37 Å². The predicted molar refractivity (Wildman–Crippen MR) is 76.8 cm³/mol. The van der Waals surface area contributed by atoms with Gasteiger partial charge in [0.05, 0.1) is 0 Å². The molecule has 5 heteroatoms. The Morgan fingerprint density at radius 2 is 2.11 bits per heavy atom. The van der Waals surface area contributed by atoms with Crippen LogP contribution < -0.4 is 5.73 Å². The summed E-state index contributed by atoms with van der Waals surface area (Å²) in [6.45, 7) is 6.76. The van der Waals surface area contributed by atoms with E-state index in [1.54, 1.807) is 6.07 Å². The molecule has 0 unspecified atom stereocenters. The summed E-state index contributed by atoms with van der Waals surface area (Å²) >= 11 is 5.92. The zero-order valence-electron chi connectivity index (χ0n) is 11.2. The third-order valence-corrected chi connectivity index (χ3v) is 3.29. The minimum atomic E-state index is -0.368. The molecule has 0 atom stereocenters. The van der Waals surface area contributed by atoms with Crippen molar-refractivity contribution in [2.45, 2.75) is 33.2 Å². The Labute approximate surface area is 117 Å². The zero-order valence-corrected chi connectivity index (χ0v) is 12.0. The molecule has 2 N–H and O–H groups in total. The van der Waals surface area contributed by atoms with Crippen molar-refractivity contribution < 1.29 is 4.39 Å². The SMILES string of the molecule is CCn1c(C(C)C)nc(-c2cc(Cl)ccc2F)c1N. The van der Waals surface area contributed by atoms with Crippen molar-refractivity contribution in [3.8, 4) is 11.3 Å². The molecule has 1 aromatic heterocycles. The van der Waals surface area contributed by atoms with Crippen LogP contribution in [0.5, 0.6) is 0 Å². The van der Waals surface area contributed by atoms with Gasteiger partial charge >= 0.3 is 0 Å². The lowest BCUT2D eigenvalue weighted by Crippen LogP contribution is -2.06. The van der Waals surface area contributed by atoms with Gasteiger partial charge in [0, 0.05) is 23.0 Å². The molecule has 0 saturated carbocycles. The Hall–Kier alpha value is -1.55. The fourth-order valence-electron chi connectivity index (χ4n) is 2.13. The minimum absolute atomic E-state index is 0.221. The molecule has 19 heavy (non-hydrogen) atoms. The first-order valence-corrected chi connectivity index (χ1v) is 6.64. The number of imidazole rings is 1. The van der Waals surface area contributed by atoms with E-state index in [0.717, 1.165) is 5.82 Å². The third-order valence-electron chi connectivity index (χ3n) is 3.05. The monoisotopic (exact) mass is 281 g/mol. The fourth-order valence-corrected chi connectivity index (χ4v) is 2.31. The van der Waals surface area contributed by atoms with E-state index in [1.165, 1.54) is 12.1 Å². The quantitative estimate of drug-likeness (QED) is 0.922. The van der Waals surface area contributed by atoms with Crippen LogP contribution in [0.1, 0.15) is 32.5 Å². The first-order valence-electron chi connectivity index (χ1n) is 6.27. The van der Waals surface area contributed by atoms with Crippen molar-refractivity contribution in [3.05, 3.63) is 34.9 Å². The molecule has 1 aromatic carbocycles. The van der Waals surface area contributed by atoms with Crippen LogP contribution in [-0.4, -0.2) is 9.55 Å². The molecule has 0 aliphatic heterocycles. The van der Waals surface area contributed by atoms with E-state index in [1.807, 2.05) is 25.3 Å². The molecule has 3 nitrogen and oxygen atoms in total. The van der Waals surface area contributed by atoms with Crippen molar-refractivity contribution in [1.29, 1.82) is 0 Å². The van der Waals surface area contributed by atoms with E-state index in [2.05, 4.69) is 4.98 Å². The van der Waals surface area contributed by atoms with Crippen LogP contribution in [0.25, 0.3) is 11.3 Å². The van der Waals surface area contributed by atoms with Crippen molar-refractivity contribution in [1.82, 2.24) is 9.55 Å². The van der Waals surface area contributed by atoms with Crippen LogP contribution in [0, 0.1) is 5.82 Å². The molecule has 0 bridgehead atoms. The van der Waals surface area contributed by atoms with Crippen LogP contribution in [0.4, 0.5) is 10.2 Å². The Bertz CT molecular complexity index is 605. The molecule has 102 valence electrons. The molecule has 0 aliphatic rings. The maximum atomic E-state index is 13.9. The Balaban J connectivity index is 2.66. The largest absolute Gasteiger partial charge is 0.383 e. The summed E-state index contributed by atoms with van der Waals surface area (Å²) in [5.74, 6) is 1.19. The highest BCUT2D eigenvalue weighted by molar-refractivity contribution is 6.30. The summed E-state index contributed by atoms with van der Waals surface area (Å²) in [6, 6.07) is 4.40. The van der Waals surface area contributed by atoms with Gasteiger partial charge in [0.2, 0.25) is 0 Å². The van der Waals surface area contributed by atoms with Crippen LogP contribution in [0.2, 0.25) is 5.02 Å². The second-order valence-electron chi connectivity index (χ2n) is 4.73. The Morgan fingerprint density at radius 1 is 1.42 bits per heavy atom. The van der Waals surface area contributed by atoms with E-state index in [-0.39, 0.29) is 11.7 Å². The van der Waals surface area contributed by atoms with E-state index in [9.17, 15) is 4.39 Å². The minimum Gasteiger partial charge on any atom is -0.383 e. The van der Waals surface area contributed by atoms with Gasteiger partial charge in [0.15, 0.2) is 0 Å². The summed E-state index contributed by atoms with van der Waals surface area (Å²) in [4.78, 5) is 4.49. The lowest BCUT2D eigenvalue weighted by Gasteiger charge is -2.08. The number of halogens is 2. The molecular weight excluding hydrogens is 265 g/mol. The second kappa shape index (κ2) is 5.21. The number of nitrogens with zero attached hydrogens (tertiary/aromatic N) is 2. The molecule has 0 radical (unpaired) electrons. The van der Waals surface area contributed by atoms with E-state index in [4.69, 9.17) is 17.3 Å². The van der Waals surface area contributed by atoms with Gasteiger partial charge in [0.25, 0.3) is 0 Å². The smallest absolute Gasteiger partial charge is 0.132 e. The second-order valence-corrected chi connectivity index (χ2v) is 5.16. The lowest BCUT2D eigenvalue weighted by molar-refractivity contribution is 0.630. The Kier molecular flexibility index (Phi) is 3.80. The van der Waals surface area contributed by atoms with Gasteiger partial charge in [-0.1, -0.05) is 25.4 Å². The highest BCUT2D eigenvalue weighted by Gasteiger charge is 2.19. The van der Waals surface area contributed by atoms with Gasteiger partial charge in [-0.2, -0.15) is 0 Å². The molecule has 0 fully saturated rings. The van der Waals surface area contributed by atoms with Crippen molar-refractivity contribution in [2.24, 2.45) is 0 Å². The number of rotatable bonds is 3. The number of hydrogen-bond acceptors (Lipinski definition) is 2. The maximum Gasteiger partial charge on any atom is 0.132 e. The Morgan fingerprint density at radius 3 is 2.63 bits per heavy atom. The summed E-state index contributed by atoms with van der Waals surface area (Å²) in [7, 11) is 0. The molecule has 0 aliphatic carbocycles. The first-order chi connectivity index (χ1) is 8.95. The number of nitrogen functional groups attached to an aromatic ring is 1. The van der Waals surface area contributed by atoms with E-state index < -0.39 is 0 Å². The highest BCUT2D eigenvalue weighted by Crippen LogP contribution is 2.32. The zero-order chi connectivity index (χ0) is 14.2. The van der Waals surface area contributed by atoms with E-state index >= 15 is 0 Å². The number of nitrogens with two attached hydrogens (primary N) is 1. The topological polar surface area (TPSA) is 43.8 Å². The molecule has 2 aromatic rings. The van der Waals surface area contributed by atoms with Crippen LogP contribution in [0.3, 0.4) is 0 Å². The molecule has 1 heterocycles. The normalized spacial score (nSPS) is 11.3. The highest BCUT2D eigenvalue weighted by atomic mass is 35.5. The van der Waals surface area contributed by atoms with Crippen molar-refractivity contribution in [3.63, 3.8) is 0 Å². The van der Waals surface area contributed by atoms with Gasteiger partial charge in [-0.05, 0) is 25.1 Å². The van der Waals surface area contributed by atoms with Crippen LogP contribution in [0.15, 0.2) is 18.2 Å².